The van der Waals surface area contributed by atoms with E-state index in [1.807, 2.05) is 18.2 Å². The maximum atomic E-state index is 9.21. The summed E-state index contributed by atoms with van der Waals surface area (Å²) in [5.74, 6) is 0. The van der Waals surface area contributed by atoms with E-state index < -0.39 is 0 Å². The van der Waals surface area contributed by atoms with Gasteiger partial charge in [0.25, 0.3) is 0 Å². The first-order chi connectivity index (χ1) is 8.79. The second-order valence-corrected chi connectivity index (χ2v) is 4.51. The van der Waals surface area contributed by atoms with Gasteiger partial charge in [0.2, 0.25) is 0 Å². The van der Waals surface area contributed by atoms with Gasteiger partial charge in [0.05, 0.1) is 6.61 Å². The summed E-state index contributed by atoms with van der Waals surface area (Å²) >= 11 is 0. The Labute approximate surface area is 106 Å². The second-order valence-electron chi connectivity index (χ2n) is 4.51. The van der Waals surface area contributed by atoms with E-state index in [2.05, 4.69) is 48.0 Å². The summed E-state index contributed by atoms with van der Waals surface area (Å²) in [5.41, 5.74) is 4.48. The molecule has 0 aliphatic rings. The van der Waals surface area contributed by atoms with E-state index in [0.717, 1.165) is 11.1 Å². The number of aromatic nitrogens is 1. The Morgan fingerprint density at radius 1 is 1.00 bits per heavy atom. The maximum Gasteiger partial charge on any atom is 0.0682 e. The average Bonchev–Trinajstić information content (AvgIpc) is 2.77. The van der Waals surface area contributed by atoms with Gasteiger partial charge in [-0.3, -0.25) is 0 Å². The highest BCUT2D eigenvalue weighted by molar-refractivity contribution is 5.86. The van der Waals surface area contributed by atoms with E-state index in [-0.39, 0.29) is 6.61 Å². The molecule has 18 heavy (non-hydrogen) atoms. The minimum absolute atomic E-state index is 0.0811. The first-order valence-electron chi connectivity index (χ1n) is 6.04. The van der Waals surface area contributed by atoms with E-state index >= 15 is 0 Å². The maximum absolute atomic E-state index is 9.21. The van der Waals surface area contributed by atoms with Gasteiger partial charge in [-0.05, 0) is 29.3 Å². The molecule has 2 heteroatoms. The molecule has 0 aliphatic carbocycles. The molecule has 0 amide bonds. The van der Waals surface area contributed by atoms with Gasteiger partial charge in [-0.1, -0.05) is 36.4 Å². The first kappa shape index (κ1) is 11.1. The van der Waals surface area contributed by atoms with E-state index in [0.29, 0.717) is 0 Å². The lowest BCUT2D eigenvalue weighted by Gasteiger charge is -2.06. The number of benzene rings is 2. The van der Waals surface area contributed by atoms with Crippen molar-refractivity contribution >= 4 is 10.9 Å². The predicted molar refractivity (Wildman–Crippen MR) is 74.3 cm³/mol. The van der Waals surface area contributed by atoms with Crippen molar-refractivity contribution in [2.24, 2.45) is 7.05 Å². The van der Waals surface area contributed by atoms with Crippen LogP contribution in [0.25, 0.3) is 22.2 Å². The molecule has 1 heterocycles. The van der Waals surface area contributed by atoms with Gasteiger partial charge in [0, 0.05) is 23.6 Å². The molecule has 0 bridgehead atoms. The quantitative estimate of drug-likeness (QED) is 0.726. The summed E-state index contributed by atoms with van der Waals surface area (Å²) in [5, 5.41) is 10.5. The Morgan fingerprint density at radius 2 is 1.83 bits per heavy atom. The minimum Gasteiger partial charge on any atom is -0.392 e. The van der Waals surface area contributed by atoms with E-state index in [9.17, 15) is 5.11 Å². The third-order valence-electron chi connectivity index (χ3n) is 3.36. The average molecular weight is 237 g/mol. The topological polar surface area (TPSA) is 25.2 Å². The van der Waals surface area contributed by atoms with Crippen LogP contribution in [-0.2, 0) is 13.7 Å². The molecule has 0 saturated carbocycles. The zero-order valence-corrected chi connectivity index (χ0v) is 10.3. The number of hydrogen-bond acceptors (Lipinski definition) is 1. The molecule has 2 aromatic carbocycles. The Bertz CT molecular complexity index is 697. The van der Waals surface area contributed by atoms with Crippen LogP contribution in [0.5, 0.6) is 0 Å². The van der Waals surface area contributed by atoms with Crippen molar-refractivity contribution in [2.75, 3.05) is 0 Å². The van der Waals surface area contributed by atoms with E-state index in [1.54, 1.807) is 0 Å². The van der Waals surface area contributed by atoms with Crippen molar-refractivity contribution < 1.29 is 5.11 Å². The van der Waals surface area contributed by atoms with Crippen molar-refractivity contribution in [3.8, 4) is 11.3 Å². The Morgan fingerprint density at radius 3 is 2.61 bits per heavy atom. The van der Waals surface area contributed by atoms with Gasteiger partial charge in [0.15, 0.2) is 0 Å². The third-order valence-corrected chi connectivity index (χ3v) is 3.36. The molecule has 0 atom stereocenters. The SMILES string of the molecule is Cn1c(-c2cccc(CO)c2)cc2ccccc21. The van der Waals surface area contributed by atoms with Gasteiger partial charge < -0.3 is 9.67 Å². The Kier molecular flexibility index (Phi) is 2.65. The molecule has 0 aliphatic heterocycles. The number of fused-ring (bicyclic) bond motifs is 1. The van der Waals surface area contributed by atoms with Crippen molar-refractivity contribution in [1.29, 1.82) is 0 Å². The molecule has 2 nitrogen and oxygen atoms in total. The molecule has 0 unspecified atom stereocenters. The highest BCUT2D eigenvalue weighted by Gasteiger charge is 2.07. The summed E-state index contributed by atoms with van der Waals surface area (Å²) in [4.78, 5) is 0. The summed E-state index contributed by atoms with van der Waals surface area (Å²) in [6.07, 6.45) is 0. The van der Waals surface area contributed by atoms with Gasteiger partial charge in [-0.2, -0.15) is 0 Å². The fourth-order valence-corrected chi connectivity index (χ4v) is 2.39. The highest BCUT2D eigenvalue weighted by Crippen LogP contribution is 2.27. The first-order valence-corrected chi connectivity index (χ1v) is 6.04. The molecule has 3 aromatic rings. The van der Waals surface area contributed by atoms with Crippen LogP contribution in [0.15, 0.2) is 54.6 Å². The standard InChI is InChI=1S/C16H15NO/c1-17-15-8-3-2-6-14(15)10-16(17)13-7-4-5-12(9-13)11-18/h2-10,18H,11H2,1H3. The van der Waals surface area contributed by atoms with Crippen LogP contribution in [-0.4, -0.2) is 9.67 Å². The highest BCUT2D eigenvalue weighted by atomic mass is 16.3. The minimum atomic E-state index is 0.0811. The number of aliphatic hydroxyl groups is 1. The number of hydrogen-bond donors (Lipinski definition) is 1. The summed E-state index contributed by atoms with van der Waals surface area (Å²) in [7, 11) is 2.07. The van der Waals surface area contributed by atoms with Crippen LogP contribution < -0.4 is 0 Å². The smallest absolute Gasteiger partial charge is 0.0682 e. The lowest BCUT2D eigenvalue weighted by molar-refractivity contribution is 0.282. The van der Waals surface area contributed by atoms with Crippen molar-refractivity contribution in [1.82, 2.24) is 4.57 Å². The summed E-state index contributed by atoms with van der Waals surface area (Å²) in [6, 6.07) is 18.6. The van der Waals surface area contributed by atoms with Gasteiger partial charge in [-0.15, -0.1) is 0 Å². The predicted octanol–water partition coefficient (Wildman–Crippen LogP) is 3.34. The van der Waals surface area contributed by atoms with Crippen molar-refractivity contribution in [2.45, 2.75) is 6.61 Å². The van der Waals surface area contributed by atoms with Crippen LogP contribution in [0.4, 0.5) is 0 Å². The number of nitrogens with zero attached hydrogens (tertiary/aromatic N) is 1. The van der Waals surface area contributed by atoms with Crippen LogP contribution in [0.2, 0.25) is 0 Å². The molecular formula is C16H15NO. The molecule has 90 valence electrons. The third kappa shape index (κ3) is 1.71. The Hall–Kier alpha value is -2.06. The molecule has 0 spiro atoms. The van der Waals surface area contributed by atoms with Gasteiger partial charge in [0.1, 0.15) is 0 Å². The fourth-order valence-electron chi connectivity index (χ4n) is 2.39. The monoisotopic (exact) mass is 237 g/mol. The summed E-state index contributed by atoms with van der Waals surface area (Å²) in [6.45, 7) is 0.0811. The lowest BCUT2D eigenvalue weighted by atomic mass is 10.1. The van der Waals surface area contributed by atoms with Crippen molar-refractivity contribution in [3.05, 3.63) is 60.2 Å². The largest absolute Gasteiger partial charge is 0.392 e. The van der Waals surface area contributed by atoms with Crippen LogP contribution in [0, 0.1) is 0 Å². The fraction of sp³-hybridized carbons (Fsp3) is 0.125. The number of rotatable bonds is 2. The second kappa shape index (κ2) is 4.31. The number of para-hydroxylation sites is 1. The summed E-state index contributed by atoms with van der Waals surface area (Å²) < 4.78 is 2.19. The Balaban J connectivity index is 2.21. The van der Waals surface area contributed by atoms with Crippen LogP contribution in [0.3, 0.4) is 0 Å². The molecule has 0 radical (unpaired) electrons. The van der Waals surface area contributed by atoms with Crippen molar-refractivity contribution in [3.63, 3.8) is 0 Å². The zero-order valence-electron chi connectivity index (χ0n) is 10.3. The zero-order chi connectivity index (χ0) is 12.5. The molecule has 0 saturated heterocycles. The van der Waals surface area contributed by atoms with E-state index in [1.165, 1.54) is 16.6 Å². The molecule has 1 N–H and O–H groups in total. The van der Waals surface area contributed by atoms with Crippen LogP contribution >= 0.6 is 0 Å². The normalized spacial score (nSPS) is 11.0. The van der Waals surface area contributed by atoms with Gasteiger partial charge >= 0.3 is 0 Å². The van der Waals surface area contributed by atoms with E-state index in [4.69, 9.17) is 0 Å². The number of aryl methyl sites for hydroxylation is 1. The molecule has 0 fully saturated rings. The number of aliphatic hydroxyl groups excluding tert-OH is 1. The van der Waals surface area contributed by atoms with Gasteiger partial charge in [-0.25, -0.2) is 0 Å². The molecular weight excluding hydrogens is 222 g/mol. The molecule has 3 rings (SSSR count). The molecule has 1 aromatic heterocycles. The lowest BCUT2D eigenvalue weighted by Crippen LogP contribution is -1.92. The van der Waals surface area contributed by atoms with Crippen LogP contribution in [0.1, 0.15) is 5.56 Å².